The van der Waals surface area contributed by atoms with Crippen molar-refractivity contribution in [2.45, 2.75) is 11.7 Å². The fraction of sp³-hybridized carbons (Fsp3) is 0.143. The van der Waals surface area contributed by atoms with Crippen LogP contribution >= 0.6 is 11.8 Å². The number of nitrogens with two attached hydrogens (primary N) is 1. The van der Waals surface area contributed by atoms with Gasteiger partial charge in [-0.2, -0.15) is 0 Å². The molecule has 0 spiro atoms. The van der Waals surface area contributed by atoms with E-state index in [9.17, 15) is 9.59 Å². The van der Waals surface area contributed by atoms with E-state index in [1.807, 2.05) is 4.57 Å². The van der Waals surface area contributed by atoms with Crippen molar-refractivity contribution in [1.82, 2.24) is 14.8 Å². The number of nitrogens with zero attached hydrogens (tertiary/aromatic N) is 3. The highest BCUT2D eigenvalue weighted by Crippen LogP contribution is 2.25. The molecule has 30 heavy (non-hydrogen) atoms. The first-order valence-electron chi connectivity index (χ1n) is 9.03. The Morgan fingerprint density at radius 1 is 1.17 bits per heavy atom. The fourth-order valence-corrected chi connectivity index (χ4v) is 3.44. The van der Waals surface area contributed by atoms with Crippen molar-refractivity contribution >= 4 is 29.3 Å². The third kappa shape index (κ3) is 5.06. The lowest BCUT2D eigenvalue weighted by molar-refractivity contribution is -0.113. The fourth-order valence-electron chi connectivity index (χ4n) is 2.69. The number of hydrogen-bond donors (Lipinski definition) is 2. The molecule has 3 rings (SSSR count). The monoisotopic (exact) mass is 423 g/mol. The van der Waals surface area contributed by atoms with Gasteiger partial charge in [-0.05, 0) is 36.4 Å². The average molecular weight is 423 g/mol. The number of ether oxygens (including phenoxy) is 1. The summed E-state index contributed by atoms with van der Waals surface area (Å²) in [6, 6.07) is 13.9. The molecule has 9 heteroatoms. The molecule has 0 aliphatic carbocycles. The molecule has 1 heterocycles. The third-order valence-electron chi connectivity index (χ3n) is 4.16. The number of benzene rings is 2. The van der Waals surface area contributed by atoms with E-state index in [0.29, 0.717) is 28.8 Å². The standard InChI is InChI=1S/C21H21N5O3S/c1-3-12-26-20(15-6-4-14(5-7-15)19(22)28)24-25-21(26)30-13-18(27)23-16-8-10-17(29-2)11-9-16/h3-11H,1,12-13H2,2H3,(H2,22,28)(H,23,27). The van der Waals surface area contributed by atoms with E-state index in [1.54, 1.807) is 61.7 Å². The SMILES string of the molecule is C=CCn1c(SCC(=O)Nc2ccc(OC)cc2)nnc1-c1ccc(C(N)=O)cc1. The Morgan fingerprint density at radius 3 is 2.47 bits per heavy atom. The molecule has 1 aromatic heterocycles. The summed E-state index contributed by atoms with van der Waals surface area (Å²) in [5.41, 5.74) is 7.17. The van der Waals surface area contributed by atoms with E-state index in [0.717, 1.165) is 11.3 Å². The van der Waals surface area contributed by atoms with Gasteiger partial charge in [0.25, 0.3) is 0 Å². The molecule has 0 unspecified atom stereocenters. The van der Waals surface area contributed by atoms with Crippen molar-refractivity contribution in [2.75, 3.05) is 18.2 Å². The molecule has 2 aromatic carbocycles. The molecule has 3 N–H and O–H groups in total. The summed E-state index contributed by atoms with van der Waals surface area (Å²) >= 11 is 1.28. The molecule has 0 bridgehead atoms. The van der Waals surface area contributed by atoms with E-state index >= 15 is 0 Å². The van der Waals surface area contributed by atoms with Gasteiger partial charge >= 0.3 is 0 Å². The molecule has 0 saturated carbocycles. The molecule has 0 fully saturated rings. The summed E-state index contributed by atoms with van der Waals surface area (Å²) in [5.74, 6) is 0.848. The van der Waals surface area contributed by atoms with Crippen molar-refractivity contribution in [3.63, 3.8) is 0 Å². The molecule has 0 radical (unpaired) electrons. The first kappa shape index (κ1) is 21.1. The molecule has 0 aliphatic rings. The number of rotatable bonds is 9. The van der Waals surface area contributed by atoms with Gasteiger partial charge in [0.1, 0.15) is 5.75 Å². The summed E-state index contributed by atoms with van der Waals surface area (Å²) in [4.78, 5) is 23.6. The van der Waals surface area contributed by atoms with Crippen LogP contribution in [0.1, 0.15) is 10.4 Å². The molecule has 8 nitrogen and oxygen atoms in total. The van der Waals surface area contributed by atoms with Gasteiger partial charge in [-0.3, -0.25) is 14.2 Å². The van der Waals surface area contributed by atoms with Gasteiger partial charge in [0.05, 0.1) is 12.9 Å². The van der Waals surface area contributed by atoms with Crippen LogP contribution < -0.4 is 15.8 Å². The van der Waals surface area contributed by atoms with Crippen molar-refractivity contribution in [3.05, 3.63) is 66.7 Å². The Balaban J connectivity index is 1.70. The molecule has 0 saturated heterocycles. The Labute approximate surface area is 178 Å². The van der Waals surface area contributed by atoms with E-state index in [1.165, 1.54) is 11.8 Å². The zero-order valence-electron chi connectivity index (χ0n) is 16.4. The van der Waals surface area contributed by atoms with Crippen LogP contribution in [0.25, 0.3) is 11.4 Å². The van der Waals surface area contributed by atoms with E-state index in [2.05, 4.69) is 22.1 Å². The Kier molecular flexibility index (Phi) is 6.87. The first-order chi connectivity index (χ1) is 14.5. The summed E-state index contributed by atoms with van der Waals surface area (Å²) in [5, 5.41) is 11.9. The van der Waals surface area contributed by atoms with Crippen molar-refractivity contribution < 1.29 is 14.3 Å². The third-order valence-corrected chi connectivity index (χ3v) is 5.13. The number of anilines is 1. The van der Waals surface area contributed by atoms with E-state index < -0.39 is 5.91 Å². The second-order valence-electron chi connectivity index (χ2n) is 6.21. The highest BCUT2D eigenvalue weighted by atomic mass is 32.2. The van der Waals surface area contributed by atoms with Gasteiger partial charge in [0, 0.05) is 23.4 Å². The van der Waals surface area contributed by atoms with Crippen molar-refractivity contribution in [1.29, 1.82) is 0 Å². The number of nitrogens with one attached hydrogen (secondary N) is 1. The van der Waals surface area contributed by atoms with Gasteiger partial charge in [-0.1, -0.05) is 30.0 Å². The Morgan fingerprint density at radius 2 is 1.87 bits per heavy atom. The smallest absolute Gasteiger partial charge is 0.248 e. The molecular weight excluding hydrogens is 402 g/mol. The minimum atomic E-state index is -0.492. The zero-order valence-corrected chi connectivity index (χ0v) is 17.2. The maximum absolute atomic E-state index is 12.3. The number of carbonyl (C=O) groups excluding carboxylic acids is 2. The van der Waals surface area contributed by atoms with Crippen molar-refractivity contribution in [3.8, 4) is 17.1 Å². The van der Waals surface area contributed by atoms with Crippen LogP contribution in [0, 0.1) is 0 Å². The minimum Gasteiger partial charge on any atom is -0.497 e. The number of primary amides is 1. The van der Waals surface area contributed by atoms with Crippen LogP contribution in [0.4, 0.5) is 5.69 Å². The molecular formula is C21H21N5O3S. The molecule has 2 amide bonds. The molecule has 0 aliphatic heterocycles. The quantitative estimate of drug-likeness (QED) is 0.404. The predicted molar refractivity (Wildman–Crippen MR) is 117 cm³/mol. The van der Waals surface area contributed by atoms with E-state index in [4.69, 9.17) is 10.5 Å². The van der Waals surface area contributed by atoms with Crippen LogP contribution in [0.15, 0.2) is 66.3 Å². The Bertz CT molecular complexity index is 1050. The second kappa shape index (κ2) is 9.75. The number of aromatic nitrogens is 3. The topological polar surface area (TPSA) is 112 Å². The molecule has 154 valence electrons. The van der Waals surface area contributed by atoms with Gasteiger partial charge in [-0.15, -0.1) is 16.8 Å². The molecule has 0 atom stereocenters. The van der Waals surface area contributed by atoms with Gasteiger partial charge in [0.2, 0.25) is 11.8 Å². The van der Waals surface area contributed by atoms with Crippen LogP contribution in [-0.2, 0) is 11.3 Å². The van der Waals surface area contributed by atoms with Crippen LogP contribution in [-0.4, -0.2) is 39.4 Å². The summed E-state index contributed by atoms with van der Waals surface area (Å²) in [7, 11) is 1.59. The second-order valence-corrected chi connectivity index (χ2v) is 7.15. The maximum atomic E-state index is 12.3. The van der Waals surface area contributed by atoms with Crippen molar-refractivity contribution in [2.24, 2.45) is 5.73 Å². The van der Waals surface area contributed by atoms with Crippen LogP contribution in [0.2, 0.25) is 0 Å². The first-order valence-corrected chi connectivity index (χ1v) is 10.0. The minimum absolute atomic E-state index is 0.161. The highest BCUT2D eigenvalue weighted by molar-refractivity contribution is 7.99. The summed E-state index contributed by atoms with van der Waals surface area (Å²) < 4.78 is 6.97. The number of allylic oxidation sites excluding steroid dienone is 1. The normalized spacial score (nSPS) is 10.4. The van der Waals surface area contributed by atoms with Crippen LogP contribution in [0.5, 0.6) is 5.75 Å². The lowest BCUT2D eigenvalue weighted by Crippen LogP contribution is -2.14. The molecule has 3 aromatic rings. The Hall–Kier alpha value is -3.59. The lowest BCUT2D eigenvalue weighted by atomic mass is 10.1. The van der Waals surface area contributed by atoms with E-state index in [-0.39, 0.29) is 11.7 Å². The van der Waals surface area contributed by atoms with Crippen LogP contribution in [0.3, 0.4) is 0 Å². The maximum Gasteiger partial charge on any atom is 0.248 e. The number of methoxy groups -OCH3 is 1. The summed E-state index contributed by atoms with van der Waals surface area (Å²) in [6.45, 7) is 4.25. The van der Waals surface area contributed by atoms with Gasteiger partial charge < -0.3 is 15.8 Å². The largest absolute Gasteiger partial charge is 0.497 e. The lowest BCUT2D eigenvalue weighted by Gasteiger charge is -2.09. The van der Waals surface area contributed by atoms with Gasteiger partial charge in [0.15, 0.2) is 11.0 Å². The highest BCUT2D eigenvalue weighted by Gasteiger charge is 2.15. The zero-order chi connectivity index (χ0) is 21.5. The predicted octanol–water partition coefficient (Wildman–Crippen LogP) is 2.97. The summed E-state index contributed by atoms with van der Waals surface area (Å²) in [6.07, 6.45) is 1.73. The number of carbonyl (C=O) groups is 2. The number of thioether (sulfide) groups is 1. The van der Waals surface area contributed by atoms with Gasteiger partial charge in [-0.25, -0.2) is 0 Å². The number of hydrogen-bond acceptors (Lipinski definition) is 6. The average Bonchev–Trinajstić information content (AvgIpc) is 3.15. The number of amides is 2.